The number of sulfonamides is 1. The molecule has 0 aromatic heterocycles. The van der Waals surface area contributed by atoms with Crippen LogP contribution in [-0.2, 0) is 19.6 Å². The molecule has 0 radical (unpaired) electrons. The molecule has 1 N–H and O–H groups in total. The van der Waals surface area contributed by atoms with Crippen LogP contribution in [0.4, 0.5) is 14.5 Å². The third kappa shape index (κ3) is 5.53. The predicted molar refractivity (Wildman–Crippen MR) is 107 cm³/mol. The van der Waals surface area contributed by atoms with Crippen LogP contribution < -0.4 is 5.32 Å². The molecule has 162 valence electrons. The number of ether oxygens (including phenoxy) is 1. The molecule has 1 amide bonds. The Kier molecular flexibility index (Phi) is 7.88. The zero-order valence-electron chi connectivity index (χ0n) is 16.1. The van der Waals surface area contributed by atoms with E-state index in [9.17, 15) is 26.8 Å². The Bertz CT molecular complexity index is 1060. The maximum atomic E-state index is 13.6. The van der Waals surface area contributed by atoms with Gasteiger partial charge in [0.1, 0.15) is 16.5 Å². The lowest BCUT2D eigenvalue weighted by Gasteiger charge is -2.19. The second-order valence-corrected chi connectivity index (χ2v) is 8.30. The van der Waals surface area contributed by atoms with Gasteiger partial charge >= 0.3 is 5.97 Å². The number of hydrogen-bond acceptors (Lipinski definition) is 5. The average Bonchev–Trinajstić information content (AvgIpc) is 2.69. The van der Waals surface area contributed by atoms with Crippen molar-refractivity contribution in [3.63, 3.8) is 0 Å². The third-order valence-corrected chi connectivity index (χ3v) is 6.56. The van der Waals surface area contributed by atoms with Crippen molar-refractivity contribution in [3.05, 3.63) is 58.6 Å². The number of esters is 1. The van der Waals surface area contributed by atoms with Crippen LogP contribution in [0.15, 0.2) is 41.3 Å². The van der Waals surface area contributed by atoms with Gasteiger partial charge in [0.25, 0.3) is 5.91 Å². The van der Waals surface area contributed by atoms with Gasteiger partial charge in [-0.15, -0.1) is 0 Å². The van der Waals surface area contributed by atoms with Gasteiger partial charge in [-0.1, -0.05) is 25.4 Å². The first-order valence-corrected chi connectivity index (χ1v) is 10.6. The molecule has 7 nitrogen and oxygen atoms in total. The van der Waals surface area contributed by atoms with E-state index in [1.807, 2.05) is 0 Å². The van der Waals surface area contributed by atoms with Crippen molar-refractivity contribution in [2.75, 3.05) is 25.0 Å². The van der Waals surface area contributed by atoms with E-state index in [1.54, 1.807) is 13.8 Å². The highest BCUT2D eigenvalue weighted by Gasteiger charge is 2.26. The number of hydrogen-bond donors (Lipinski definition) is 1. The van der Waals surface area contributed by atoms with Gasteiger partial charge in [-0.05, 0) is 30.3 Å². The van der Waals surface area contributed by atoms with E-state index in [4.69, 9.17) is 16.3 Å². The Hall–Kier alpha value is -2.56. The Morgan fingerprint density at radius 3 is 2.37 bits per heavy atom. The fourth-order valence-corrected chi connectivity index (χ4v) is 4.48. The topological polar surface area (TPSA) is 92.8 Å². The molecule has 0 spiro atoms. The van der Waals surface area contributed by atoms with E-state index in [1.165, 1.54) is 16.4 Å². The minimum absolute atomic E-state index is 0.0667. The van der Waals surface area contributed by atoms with Gasteiger partial charge in [0.15, 0.2) is 6.61 Å². The van der Waals surface area contributed by atoms with Crippen molar-refractivity contribution in [2.45, 2.75) is 18.7 Å². The molecule has 30 heavy (non-hydrogen) atoms. The molecule has 0 heterocycles. The molecule has 2 aromatic rings. The number of rotatable bonds is 8. The van der Waals surface area contributed by atoms with Crippen molar-refractivity contribution >= 4 is 39.2 Å². The summed E-state index contributed by atoms with van der Waals surface area (Å²) in [5, 5.41) is 2.07. The number of nitrogens with zero attached hydrogens (tertiary/aromatic N) is 1. The first kappa shape index (κ1) is 23.7. The van der Waals surface area contributed by atoms with Crippen LogP contribution in [0.3, 0.4) is 0 Å². The molecule has 0 aliphatic rings. The number of carbonyl (C=O) groups excluding carboxylic acids is 2. The number of benzene rings is 2. The average molecular weight is 461 g/mol. The number of carbonyl (C=O) groups is 2. The standard InChI is InChI=1S/C19H19ClF2N2O5S/c1-3-24(4-2)30(27,28)17-9-12(5-7-14(17)20)19(26)29-11-18(25)23-16-8-6-13(21)10-15(16)22/h5-10H,3-4,11H2,1-2H3,(H,23,25). The summed E-state index contributed by atoms with van der Waals surface area (Å²) >= 11 is 6.00. The molecular weight excluding hydrogens is 442 g/mol. The second-order valence-electron chi connectivity index (χ2n) is 5.98. The molecule has 0 saturated carbocycles. The number of nitrogens with one attached hydrogen (secondary N) is 1. The van der Waals surface area contributed by atoms with Gasteiger partial charge in [-0.3, -0.25) is 4.79 Å². The normalized spacial score (nSPS) is 11.4. The predicted octanol–water partition coefficient (Wildman–Crippen LogP) is 3.44. The molecule has 0 atom stereocenters. The first-order valence-electron chi connectivity index (χ1n) is 8.81. The van der Waals surface area contributed by atoms with Gasteiger partial charge < -0.3 is 10.1 Å². The first-order chi connectivity index (χ1) is 14.1. The van der Waals surface area contributed by atoms with Crippen LogP contribution >= 0.6 is 11.6 Å². The zero-order chi connectivity index (χ0) is 22.5. The summed E-state index contributed by atoms with van der Waals surface area (Å²) in [6.07, 6.45) is 0. The molecular formula is C19H19ClF2N2O5S. The van der Waals surface area contributed by atoms with Crippen molar-refractivity contribution in [1.82, 2.24) is 4.31 Å². The van der Waals surface area contributed by atoms with E-state index < -0.39 is 40.1 Å². The maximum absolute atomic E-state index is 13.6. The van der Waals surface area contributed by atoms with Crippen molar-refractivity contribution < 1.29 is 31.5 Å². The summed E-state index contributed by atoms with van der Waals surface area (Å²) in [6.45, 7) is 2.98. The molecule has 0 aliphatic carbocycles. The highest BCUT2D eigenvalue weighted by molar-refractivity contribution is 7.89. The smallest absolute Gasteiger partial charge is 0.338 e. The summed E-state index contributed by atoms with van der Waals surface area (Å²) in [4.78, 5) is 23.8. The van der Waals surface area contributed by atoms with Crippen LogP contribution in [-0.4, -0.2) is 44.3 Å². The number of halogens is 3. The summed E-state index contributed by atoms with van der Waals surface area (Å²) in [6, 6.07) is 6.12. The van der Waals surface area contributed by atoms with Crippen LogP contribution in [0.5, 0.6) is 0 Å². The van der Waals surface area contributed by atoms with Crippen LogP contribution in [0.25, 0.3) is 0 Å². The summed E-state index contributed by atoms with van der Waals surface area (Å²) in [5.74, 6) is -3.63. The Morgan fingerprint density at radius 1 is 1.10 bits per heavy atom. The Balaban J connectivity index is 2.11. The summed E-state index contributed by atoms with van der Waals surface area (Å²) in [7, 11) is -3.93. The largest absolute Gasteiger partial charge is 0.452 e. The molecule has 0 fully saturated rings. The quantitative estimate of drug-likeness (QED) is 0.609. The maximum Gasteiger partial charge on any atom is 0.338 e. The Morgan fingerprint density at radius 2 is 1.77 bits per heavy atom. The van der Waals surface area contributed by atoms with E-state index >= 15 is 0 Å². The molecule has 2 rings (SSSR count). The van der Waals surface area contributed by atoms with E-state index in [0.29, 0.717) is 6.07 Å². The fraction of sp³-hybridized carbons (Fsp3) is 0.263. The minimum atomic E-state index is -3.93. The van der Waals surface area contributed by atoms with Gasteiger partial charge in [-0.2, -0.15) is 4.31 Å². The summed E-state index contributed by atoms with van der Waals surface area (Å²) in [5.41, 5.74) is -0.414. The van der Waals surface area contributed by atoms with E-state index in [2.05, 4.69) is 5.32 Å². The highest BCUT2D eigenvalue weighted by atomic mass is 35.5. The van der Waals surface area contributed by atoms with Crippen LogP contribution in [0.1, 0.15) is 24.2 Å². The monoisotopic (exact) mass is 460 g/mol. The van der Waals surface area contributed by atoms with Crippen molar-refractivity contribution in [2.24, 2.45) is 0 Å². The van der Waals surface area contributed by atoms with Crippen LogP contribution in [0, 0.1) is 11.6 Å². The minimum Gasteiger partial charge on any atom is -0.452 e. The zero-order valence-corrected chi connectivity index (χ0v) is 17.7. The van der Waals surface area contributed by atoms with Gasteiger partial charge in [0, 0.05) is 19.2 Å². The summed E-state index contributed by atoms with van der Waals surface area (Å²) < 4.78 is 57.8. The van der Waals surface area contributed by atoms with Crippen LogP contribution in [0.2, 0.25) is 5.02 Å². The van der Waals surface area contributed by atoms with Crippen molar-refractivity contribution in [3.8, 4) is 0 Å². The van der Waals surface area contributed by atoms with Gasteiger partial charge in [-0.25, -0.2) is 22.0 Å². The molecule has 0 bridgehead atoms. The molecule has 0 unspecified atom stereocenters. The van der Waals surface area contributed by atoms with Gasteiger partial charge in [0.05, 0.1) is 16.3 Å². The lowest BCUT2D eigenvalue weighted by atomic mass is 10.2. The molecule has 11 heteroatoms. The highest BCUT2D eigenvalue weighted by Crippen LogP contribution is 2.26. The van der Waals surface area contributed by atoms with Gasteiger partial charge in [0.2, 0.25) is 10.0 Å². The van der Waals surface area contributed by atoms with Crippen molar-refractivity contribution in [1.29, 1.82) is 0 Å². The number of anilines is 1. The molecule has 0 saturated heterocycles. The SMILES string of the molecule is CCN(CC)S(=O)(=O)c1cc(C(=O)OCC(=O)Nc2ccc(F)cc2F)ccc1Cl. The lowest BCUT2D eigenvalue weighted by Crippen LogP contribution is -2.31. The molecule has 0 aliphatic heterocycles. The van der Waals surface area contributed by atoms with E-state index in [-0.39, 0.29) is 34.3 Å². The number of amides is 1. The van der Waals surface area contributed by atoms with E-state index in [0.717, 1.165) is 18.2 Å². The Labute approximate surface area is 177 Å². The fourth-order valence-electron chi connectivity index (χ4n) is 2.52. The lowest BCUT2D eigenvalue weighted by molar-refractivity contribution is -0.119. The molecule has 2 aromatic carbocycles. The second kappa shape index (κ2) is 9.96. The third-order valence-electron chi connectivity index (χ3n) is 4.03.